The Morgan fingerprint density at radius 3 is 2.61 bits per heavy atom. The van der Waals surface area contributed by atoms with E-state index in [9.17, 15) is 9.59 Å². The van der Waals surface area contributed by atoms with E-state index in [1.54, 1.807) is 31.4 Å². The van der Waals surface area contributed by atoms with Gasteiger partial charge in [0.1, 0.15) is 5.75 Å². The van der Waals surface area contributed by atoms with Gasteiger partial charge < -0.3 is 20.3 Å². The highest BCUT2D eigenvalue weighted by atomic mass is 16.5. The molecule has 2 amide bonds. The normalized spacial score (nSPS) is 17.1. The zero-order valence-electron chi connectivity index (χ0n) is 19.6. The molecule has 1 unspecified atom stereocenters. The Labute approximate surface area is 196 Å². The molecule has 2 N–H and O–H groups in total. The molecule has 0 saturated carbocycles. The number of methoxy groups -OCH3 is 1. The standard InChI is InChI=1S/C26H34N4O3/c1-29-13-7-8-19-16-20(11-12-23(19)29)24(30-14-4-3-5-15-30)18-27-25(31)26(32)28-21-9-6-10-22(17-21)33-2/h6,9-12,16-17,24H,3-5,7-8,13-15,18H2,1-2H3,(H,27,31)(H,28,32). The lowest BCUT2D eigenvalue weighted by atomic mass is 9.95. The molecule has 2 aliphatic heterocycles. The number of nitrogens with one attached hydrogen (secondary N) is 2. The summed E-state index contributed by atoms with van der Waals surface area (Å²) in [5, 5.41) is 5.54. The summed E-state index contributed by atoms with van der Waals surface area (Å²) >= 11 is 0. The summed E-state index contributed by atoms with van der Waals surface area (Å²) in [6.45, 7) is 3.50. The fourth-order valence-electron chi connectivity index (χ4n) is 4.86. The van der Waals surface area contributed by atoms with Crippen LogP contribution in [0.1, 0.15) is 42.9 Å². The minimum atomic E-state index is -0.673. The maximum atomic E-state index is 12.6. The number of benzene rings is 2. The first-order chi connectivity index (χ1) is 16.0. The summed E-state index contributed by atoms with van der Waals surface area (Å²) in [7, 11) is 3.70. The van der Waals surface area contributed by atoms with Gasteiger partial charge in [0.25, 0.3) is 0 Å². The third kappa shape index (κ3) is 5.66. The Morgan fingerprint density at radius 1 is 1.00 bits per heavy atom. The highest BCUT2D eigenvalue weighted by Gasteiger charge is 2.26. The van der Waals surface area contributed by atoms with E-state index in [1.807, 2.05) is 0 Å². The fraction of sp³-hybridized carbons (Fsp3) is 0.462. The number of carbonyl (C=O) groups excluding carboxylic acids is 2. The summed E-state index contributed by atoms with van der Waals surface area (Å²) in [5.74, 6) is -0.679. The Bertz CT molecular complexity index is 987. The van der Waals surface area contributed by atoms with Crippen LogP contribution in [0.2, 0.25) is 0 Å². The van der Waals surface area contributed by atoms with Gasteiger partial charge in [-0.15, -0.1) is 0 Å². The smallest absolute Gasteiger partial charge is 0.313 e. The van der Waals surface area contributed by atoms with Crippen molar-refractivity contribution >= 4 is 23.2 Å². The second-order valence-electron chi connectivity index (χ2n) is 8.92. The predicted molar refractivity (Wildman–Crippen MR) is 131 cm³/mol. The van der Waals surface area contributed by atoms with Crippen LogP contribution in [0.15, 0.2) is 42.5 Å². The third-order valence-corrected chi connectivity index (χ3v) is 6.66. The average Bonchev–Trinajstić information content (AvgIpc) is 2.85. The van der Waals surface area contributed by atoms with E-state index in [-0.39, 0.29) is 6.04 Å². The molecule has 2 aromatic rings. The number of nitrogens with zero attached hydrogens (tertiary/aromatic N) is 2. The van der Waals surface area contributed by atoms with Crippen molar-refractivity contribution in [1.29, 1.82) is 0 Å². The van der Waals surface area contributed by atoms with Crippen LogP contribution in [-0.2, 0) is 16.0 Å². The van der Waals surface area contributed by atoms with Crippen LogP contribution in [0.25, 0.3) is 0 Å². The maximum absolute atomic E-state index is 12.6. The Morgan fingerprint density at radius 2 is 1.82 bits per heavy atom. The van der Waals surface area contributed by atoms with Gasteiger partial charge in [0.2, 0.25) is 0 Å². The molecule has 0 radical (unpaired) electrons. The number of hydrogen-bond acceptors (Lipinski definition) is 5. The monoisotopic (exact) mass is 450 g/mol. The number of ether oxygens (including phenoxy) is 1. The lowest BCUT2D eigenvalue weighted by Crippen LogP contribution is -2.43. The molecule has 4 rings (SSSR count). The van der Waals surface area contributed by atoms with Gasteiger partial charge in [-0.1, -0.05) is 24.6 Å². The van der Waals surface area contributed by atoms with E-state index >= 15 is 0 Å². The molecule has 33 heavy (non-hydrogen) atoms. The number of carbonyl (C=O) groups is 2. The Balaban J connectivity index is 1.45. The zero-order chi connectivity index (χ0) is 23.2. The molecule has 1 saturated heterocycles. The number of likely N-dealkylation sites (tertiary alicyclic amines) is 1. The molecule has 0 spiro atoms. The first-order valence-corrected chi connectivity index (χ1v) is 11.9. The van der Waals surface area contributed by atoms with Gasteiger partial charge >= 0.3 is 11.8 Å². The number of piperidine rings is 1. The third-order valence-electron chi connectivity index (χ3n) is 6.66. The van der Waals surface area contributed by atoms with E-state index in [0.717, 1.165) is 45.3 Å². The fourth-order valence-corrected chi connectivity index (χ4v) is 4.86. The van der Waals surface area contributed by atoms with Crippen LogP contribution in [-0.4, -0.2) is 57.1 Å². The number of anilines is 2. The first-order valence-electron chi connectivity index (χ1n) is 11.9. The van der Waals surface area contributed by atoms with Crippen molar-refractivity contribution in [3.05, 3.63) is 53.6 Å². The van der Waals surface area contributed by atoms with E-state index in [1.165, 1.54) is 23.2 Å². The number of fused-ring (bicyclic) bond motifs is 1. The van der Waals surface area contributed by atoms with Gasteiger partial charge in [-0.3, -0.25) is 14.5 Å². The van der Waals surface area contributed by atoms with Crippen LogP contribution >= 0.6 is 0 Å². The summed E-state index contributed by atoms with van der Waals surface area (Å²) in [5.41, 5.74) is 4.40. The molecule has 7 nitrogen and oxygen atoms in total. The summed E-state index contributed by atoms with van der Waals surface area (Å²) in [4.78, 5) is 29.8. The summed E-state index contributed by atoms with van der Waals surface area (Å²) < 4.78 is 5.18. The molecular weight excluding hydrogens is 416 g/mol. The van der Waals surface area contributed by atoms with Gasteiger partial charge in [-0.2, -0.15) is 0 Å². The number of aryl methyl sites for hydroxylation is 1. The van der Waals surface area contributed by atoms with Gasteiger partial charge in [-0.05, 0) is 68.1 Å². The van der Waals surface area contributed by atoms with Crippen LogP contribution in [0, 0.1) is 0 Å². The molecule has 0 aromatic heterocycles. The second-order valence-corrected chi connectivity index (χ2v) is 8.92. The van der Waals surface area contributed by atoms with E-state index in [2.05, 4.69) is 45.7 Å². The average molecular weight is 451 g/mol. The molecule has 2 heterocycles. The molecule has 176 valence electrons. The van der Waals surface area contributed by atoms with Crippen LogP contribution < -0.4 is 20.3 Å². The van der Waals surface area contributed by atoms with E-state index in [0.29, 0.717) is 18.0 Å². The minimum Gasteiger partial charge on any atom is -0.497 e. The highest BCUT2D eigenvalue weighted by Crippen LogP contribution is 2.31. The Hall–Kier alpha value is -3.06. The van der Waals surface area contributed by atoms with Crippen LogP contribution in [0.4, 0.5) is 11.4 Å². The van der Waals surface area contributed by atoms with Crippen molar-refractivity contribution in [3.8, 4) is 5.75 Å². The second kappa shape index (κ2) is 10.7. The van der Waals surface area contributed by atoms with Crippen molar-refractivity contribution in [2.45, 2.75) is 38.1 Å². The first kappa shape index (κ1) is 23.1. The molecule has 0 bridgehead atoms. The molecule has 2 aromatic carbocycles. The number of amides is 2. The molecule has 0 aliphatic carbocycles. The number of hydrogen-bond donors (Lipinski definition) is 2. The van der Waals surface area contributed by atoms with Gasteiger partial charge in [0, 0.05) is 37.6 Å². The highest BCUT2D eigenvalue weighted by molar-refractivity contribution is 6.39. The molecule has 1 fully saturated rings. The SMILES string of the molecule is COc1cccc(NC(=O)C(=O)NCC(c2ccc3c(c2)CCCN3C)N2CCCCC2)c1. The van der Waals surface area contributed by atoms with Gasteiger partial charge in [0.05, 0.1) is 13.2 Å². The Kier molecular flexibility index (Phi) is 7.50. The van der Waals surface area contributed by atoms with Crippen molar-refractivity contribution in [3.63, 3.8) is 0 Å². The van der Waals surface area contributed by atoms with Gasteiger partial charge in [-0.25, -0.2) is 0 Å². The lowest BCUT2D eigenvalue weighted by molar-refractivity contribution is -0.136. The predicted octanol–water partition coefficient (Wildman–Crippen LogP) is 3.36. The topological polar surface area (TPSA) is 73.9 Å². The molecule has 2 aliphatic rings. The van der Waals surface area contributed by atoms with Crippen molar-refractivity contribution in [2.24, 2.45) is 0 Å². The summed E-state index contributed by atoms with van der Waals surface area (Å²) in [6, 6.07) is 13.7. The molecule has 7 heteroatoms. The largest absolute Gasteiger partial charge is 0.497 e. The number of rotatable bonds is 6. The van der Waals surface area contributed by atoms with Crippen LogP contribution in [0.5, 0.6) is 5.75 Å². The van der Waals surface area contributed by atoms with Crippen molar-refractivity contribution in [1.82, 2.24) is 10.2 Å². The van der Waals surface area contributed by atoms with Crippen molar-refractivity contribution < 1.29 is 14.3 Å². The van der Waals surface area contributed by atoms with Gasteiger partial charge in [0.15, 0.2) is 0 Å². The zero-order valence-corrected chi connectivity index (χ0v) is 19.6. The molecule has 1 atom stereocenters. The van der Waals surface area contributed by atoms with Crippen molar-refractivity contribution in [2.75, 3.05) is 50.6 Å². The quantitative estimate of drug-likeness (QED) is 0.661. The van der Waals surface area contributed by atoms with E-state index in [4.69, 9.17) is 4.74 Å². The lowest BCUT2D eigenvalue weighted by Gasteiger charge is -2.36. The summed E-state index contributed by atoms with van der Waals surface area (Å²) in [6.07, 6.45) is 5.80. The van der Waals surface area contributed by atoms with Crippen LogP contribution in [0.3, 0.4) is 0 Å². The van der Waals surface area contributed by atoms with E-state index < -0.39 is 11.8 Å². The maximum Gasteiger partial charge on any atom is 0.313 e. The minimum absolute atomic E-state index is 0.0522. The molecular formula is C26H34N4O3.